The highest BCUT2D eigenvalue weighted by molar-refractivity contribution is 5.30. The van der Waals surface area contributed by atoms with Gasteiger partial charge in [-0.3, -0.25) is 4.90 Å². The van der Waals surface area contributed by atoms with Crippen LogP contribution in [0.4, 0.5) is 0 Å². The number of phenolic OH excluding ortho intramolecular Hbond substituents is 1. The van der Waals surface area contributed by atoms with E-state index in [2.05, 4.69) is 30.3 Å². The Labute approximate surface area is 90.7 Å². The Morgan fingerprint density at radius 3 is 2.93 bits per heavy atom. The molecule has 1 saturated heterocycles. The van der Waals surface area contributed by atoms with Gasteiger partial charge in [0, 0.05) is 25.2 Å². The summed E-state index contributed by atoms with van der Waals surface area (Å²) in [4.78, 5) is 2.35. The molecule has 2 atom stereocenters. The quantitative estimate of drug-likeness (QED) is 0.728. The number of nitrogens with zero attached hydrogens (tertiary/aromatic N) is 1. The fourth-order valence-corrected chi connectivity index (χ4v) is 2.11. The predicted octanol–water partition coefficient (Wildman–Crippen LogP) is 1.36. The van der Waals surface area contributed by atoms with Crippen molar-refractivity contribution in [2.24, 2.45) is 0 Å². The Balaban J connectivity index is 2.22. The third-order valence-electron chi connectivity index (χ3n) is 3.22. The molecule has 1 fully saturated rings. The summed E-state index contributed by atoms with van der Waals surface area (Å²) in [6, 6.07) is 8.43. The molecule has 3 heteroatoms. The summed E-state index contributed by atoms with van der Waals surface area (Å²) in [5, 5.41) is 12.9. The first-order valence-electron chi connectivity index (χ1n) is 5.40. The monoisotopic (exact) mass is 206 g/mol. The zero-order valence-electron chi connectivity index (χ0n) is 9.27. The molecule has 0 saturated carbocycles. The van der Waals surface area contributed by atoms with E-state index in [-0.39, 0.29) is 0 Å². The lowest BCUT2D eigenvalue weighted by Crippen LogP contribution is -2.49. The number of rotatable bonds is 1. The van der Waals surface area contributed by atoms with Gasteiger partial charge in [0.1, 0.15) is 5.75 Å². The molecule has 1 aliphatic heterocycles. The largest absolute Gasteiger partial charge is 0.508 e. The van der Waals surface area contributed by atoms with Crippen molar-refractivity contribution in [3.8, 4) is 5.75 Å². The van der Waals surface area contributed by atoms with Crippen LogP contribution >= 0.6 is 0 Å². The highest BCUT2D eigenvalue weighted by Crippen LogP contribution is 2.25. The number of piperazine rings is 1. The van der Waals surface area contributed by atoms with Gasteiger partial charge >= 0.3 is 0 Å². The first-order chi connectivity index (χ1) is 7.18. The van der Waals surface area contributed by atoms with E-state index in [1.54, 1.807) is 6.07 Å². The summed E-state index contributed by atoms with van der Waals surface area (Å²) in [7, 11) is 2.14. The Kier molecular flexibility index (Phi) is 2.93. The average molecular weight is 206 g/mol. The summed E-state index contributed by atoms with van der Waals surface area (Å²) in [5.74, 6) is 0.346. The summed E-state index contributed by atoms with van der Waals surface area (Å²) >= 11 is 0. The minimum absolute atomic E-state index is 0.346. The van der Waals surface area contributed by atoms with Crippen LogP contribution in [-0.2, 0) is 0 Å². The maximum atomic E-state index is 9.46. The third-order valence-corrected chi connectivity index (χ3v) is 3.22. The summed E-state index contributed by atoms with van der Waals surface area (Å²) < 4.78 is 0. The van der Waals surface area contributed by atoms with E-state index >= 15 is 0 Å². The molecule has 82 valence electrons. The van der Waals surface area contributed by atoms with Crippen molar-refractivity contribution < 1.29 is 5.11 Å². The Bertz CT molecular complexity index is 340. The Morgan fingerprint density at radius 2 is 2.20 bits per heavy atom. The van der Waals surface area contributed by atoms with Crippen molar-refractivity contribution in [2.45, 2.75) is 19.0 Å². The van der Waals surface area contributed by atoms with Crippen LogP contribution in [0.2, 0.25) is 0 Å². The molecule has 1 unspecified atom stereocenters. The van der Waals surface area contributed by atoms with Gasteiger partial charge in [0.25, 0.3) is 0 Å². The molecule has 0 radical (unpaired) electrons. The van der Waals surface area contributed by atoms with Gasteiger partial charge in [0.15, 0.2) is 0 Å². The molecule has 15 heavy (non-hydrogen) atoms. The SMILES string of the molecule is C[C@@H]1CNCC(c2cccc(O)c2)N1C. The fraction of sp³-hybridized carbons (Fsp3) is 0.500. The van der Waals surface area contributed by atoms with Crippen molar-refractivity contribution in [3.63, 3.8) is 0 Å². The van der Waals surface area contributed by atoms with Crippen molar-refractivity contribution in [1.82, 2.24) is 10.2 Å². The maximum absolute atomic E-state index is 9.46. The smallest absolute Gasteiger partial charge is 0.115 e. The molecule has 0 amide bonds. The van der Waals surface area contributed by atoms with Crippen LogP contribution in [0.25, 0.3) is 0 Å². The molecule has 1 aromatic rings. The van der Waals surface area contributed by atoms with E-state index in [4.69, 9.17) is 0 Å². The second kappa shape index (κ2) is 4.21. The molecular weight excluding hydrogens is 188 g/mol. The van der Waals surface area contributed by atoms with Gasteiger partial charge in [0.2, 0.25) is 0 Å². The van der Waals surface area contributed by atoms with Gasteiger partial charge in [0.05, 0.1) is 0 Å². The van der Waals surface area contributed by atoms with Crippen LogP contribution in [-0.4, -0.2) is 36.2 Å². The fourth-order valence-electron chi connectivity index (χ4n) is 2.11. The van der Waals surface area contributed by atoms with Crippen LogP contribution in [0.5, 0.6) is 5.75 Å². The van der Waals surface area contributed by atoms with Crippen LogP contribution in [0, 0.1) is 0 Å². The van der Waals surface area contributed by atoms with Crippen LogP contribution < -0.4 is 5.32 Å². The third kappa shape index (κ3) is 2.13. The molecule has 2 rings (SSSR count). The van der Waals surface area contributed by atoms with Crippen LogP contribution in [0.1, 0.15) is 18.5 Å². The highest BCUT2D eigenvalue weighted by Gasteiger charge is 2.25. The van der Waals surface area contributed by atoms with E-state index in [0.717, 1.165) is 13.1 Å². The van der Waals surface area contributed by atoms with E-state index in [1.807, 2.05) is 12.1 Å². The lowest BCUT2D eigenvalue weighted by Gasteiger charge is -2.38. The molecule has 1 aliphatic rings. The molecule has 2 N–H and O–H groups in total. The lowest BCUT2D eigenvalue weighted by atomic mass is 10.0. The molecule has 1 heterocycles. The molecule has 0 aliphatic carbocycles. The van der Waals surface area contributed by atoms with E-state index in [9.17, 15) is 5.11 Å². The minimum Gasteiger partial charge on any atom is -0.508 e. The summed E-state index contributed by atoms with van der Waals surface area (Å²) in [6.07, 6.45) is 0. The number of hydrogen-bond acceptors (Lipinski definition) is 3. The van der Waals surface area contributed by atoms with Crippen molar-refractivity contribution in [3.05, 3.63) is 29.8 Å². The number of phenols is 1. The molecular formula is C12H18N2O. The number of aromatic hydroxyl groups is 1. The average Bonchev–Trinajstić information content (AvgIpc) is 2.22. The zero-order chi connectivity index (χ0) is 10.8. The maximum Gasteiger partial charge on any atom is 0.115 e. The minimum atomic E-state index is 0.346. The van der Waals surface area contributed by atoms with Crippen molar-refractivity contribution >= 4 is 0 Å². The summed E-state index contributed by atoms with van der Waals surface area (Å²) in [6.45, 7) is 4.19. The first kappa shape index (κ1) is 10.5. The van der Waals surface area contributed by atoms with Crippen LogP contribution in [0.3, 0.4) is 0 Å². The molecule has 0 bridgehead atoms. The molecule has 1 aromatic carbocycles. The second-order valence-electron chi connectivity index (χ2n) is 4.28. The summed E-state index contributed by atoms with van der Waals surface area (Å²) in [5.41, 5.74) is 1.18. The van der Waals surface area contributed by atoms with Crippen molar-refractivity contribution in [1.29, 1.82) is 0 Å². The second-order valence-corrected chi connectivity index (χ2v) is 4.28. The van der Waals surface area contributed by atoms with Crippen molar-refractivity contribution in [2.75, 3.05) is 20.1 Å². The van der Waals surface area contributed by atoms with Gasteiger partial charge in [-0.25, -0.2) is 0 Å². The normalized spacial score (nSPS) is 27.9. The van der Waals surface area contributed by atoms with Gasteiger partial charge in [-0.15, -0.1) is 0 Å². The predicted molar refractivity (Wildman–Crippen MR) is 60.9 cm³/mol. The Morgan fingerprint density at radius 1 is 1.40 bits per heavy atom. The topological polar surface area (TPSA) is 35.5 Å². The van der Waals surface area contributed by atoms with Gasteiger partial charge in [-0.2, -0.15) is 0 Å². The number of hydrogen-bond donors (Lipinski definition) is 2. The molecule has 3 nitrogen and oxygen atoms in total. The first-order valence-corrected chi connectivity index (χ1v) is 5.40. The van der Waals surface area contributed by atoms with Crippen LogP contribution in [0.15, 0.2) is 24.3 Å². The van der Waals surface area contributed by atoms with E-state index < -0.39 is 0 Å². The van der Waals surface area contributed by atoms with Gasteiger partial charge in [-0.1, -0.05) is 12.1 Å². The zero-order valence-corrected chi connectivity index (χ0v) is 9.27. The van der Waals surface area contributed by atoms with E-state index in [1.165, 1.54) is 5.56 Å². The Hall–Kier alpha value is -1.06. The number of likely N-dealkylation sites (N-methyl/N-ethyl adjacent to an activating group) is 1. The molecule has 0 aromatic heterocycles. The van der Waals surface area contributed by atoms with Gasteiger partial charge in [-0.05, 0) is 31.7 Å². The highest BCUT2D eigenvalue weighted by atomic mass is 16.3. The number of nitrogens with one attached hydrogen (secondary N) is 1. The standard InChI is InChI=1S/C12H18N2O/c1-9-7-13-8-12(14(9)2)10-4-3-5-11(15)6-10/h3-6,9,12-13,15H,7-8H2,1-2H3/t9-,12?/m1/s1. The van der Waals surface area contributed by atoms with Gasteiger partial charge < -0.3 is 10.4 Å². The molecule has 0 spiro atoms. The van der Waals surface area contributed by atoms with E-state index in [0.29, 0.717) is 17.8 Å². The number of benzene rings is 1. The lowest BCUT2D eigenvalue weighted by molar-refractivity contribution is 0.141.